The maximum atomic E-state index is 13.3. The van der Waals surface area contributed by atoms with Gasteiger partial charge in [0.05, 0.1) is 5.02 Å². The molecule has 1 saturated heterocycles. The zero-order valence-electron chi connectivity index (χ0n) is 13.9. The summed E-state index contributed by atoms with van der Waals surface area (Å²) in [6.45, 7) is 1.62. The molecule has 4 rings (SSSR count). The van der Waals surface area contributed by atoms with Gasteiger partial charge in [0.1, 0.15) is 11.3 Å². The summed E-state index contributed by atoms with van der Waals surface area (Å²) in [7, 11) is 0. The molecule has 0 saturated carbocycles. The summed E-state index contributed by atoms with van der Waals surface area (Å²) < 4.78 is 19.1. The van der Waals surface area contributed by atoms with Gasteiger partial charge in [0.25, 0.3) is 0 Å². The van der Waals surface area contributed by atoms with Gasteiger partial charge >= 0.3 is 0 Å². The average molecular weight is 390 g/mol. The van der Waals surface area contributed by atoms with Gasteiger partial charge in [-0.05, 0) is 55.4 Å². The van der Waals surface area contributed by atoms with E-state index in [1.807, 2.05) is 24.3 Å². The van der Waals surface area contributed by atoms with Crippen LogP contribution in [0, 0.1) is 5.82 Å². The van der Waals surface area contributed by atoms with Crippen molar-refractivity contribution in [3.8, 4) is 0 Å². The molecular formula is C19H17ClFN3OS. The number of halogens is 2. The average Bonchev–Trinajstić information content (AvgIpc) is 3.09. The molecule has 3 aromatic rings. The molecule has 0 radical (unpaired) electrons. The molecule has 0 amide bonds. The second-order valence-corrected chi connectivity index (χ2v) is 7.13. The van der Waals surface area contributed by atoms with Crippen LogP contribution in [0.2, 0.25) is 5.02 Å². The van der Waals surface area contributed by atoms with Crippen molar-refractivity contribution in [1.82, 2.24) is 9.88 Å². The molecular weight excluding hydrogens is 373 g/mol. The molecule has 7 heteroatoms. The molecule has 134 valence electrons. The highest BCUT2D eigenvalue weighted by molar-refractivity contribution is 7.80. The Balaban J connectivity index is 1.38. The van der Waals surface area contributed by atoms with E-state index in [-0.39, 0.29) is 5.02 Å². The monoisotopic (exact) mass is 389 g/mol. The number of anilines is 1. The van der Waals surface area contributed by atoms with Gasteiger partial charge < -0.3 is 14.6 Å². The number of likely N-dealkylation sites (tertiary alicyclic amines) is 1. The number of hydrogen-bond donors (Lipinski definition) is 1. The van der Waals surface area contributed by atoms with Crippen LogP contribution in [0.3, 0.4) is 0 Å². The normalized spacial score (nSPS) is 15.4. The molecule has 26 heavy (non-hydrogen) atoms. The minimum Gasteiger partial charge on any atom is -0.440 e. The first-order chi connectivity index (χ1) is 12.6. The highest BCUT2D eigenvalue weighted by Gasteiger charge is 2.25. The van der Waals surface area contributed by atoms with E-state index in [0.29, 0.717) is 16.7 Å². The number of aromatic nitrogens is 1. The topological polar surface area (TPSA) is 41.3 Å². The highest BCUT2D eigenvalue weighted by atomic mass is 35.5. The van der Waals surface area contributed by atoms with Crippen molar-refractivity contribution in [2.45, 2.75) is 18.8 Å². The predicted octanol–water partition coefficient (Wildman–Crippen LogP) is 5.20. The Hall–Kier alpha value is -2.18. The van der Waals surface area contributed by atoms with E-state index in [1.165, 1.54) is 12.1 Å². The third-order valence-electron chi connectivity index (χ3n) is 4.61. The number of thiocarbonyl (C=S) groups is 1. The van der Waals surface area contributed by atoms with Crippen LogP contribution in [0.5, 0.6) is 0 Å². The number of piperidine rings is 1. The van der Waals surface area contributed by atoms with Crippen LogP contribution in [0.15, 0.2) is 46.9 Å². The van der Waals surface area contributed by atoms with Gasteiger partial charge in [-0.3, -0.25) is 0 Å². The molecule has 1 aromatic heterocycles. The van der Waals surface area contributed by atoms with Crippen LogP contribution in [0.25, 0.3) is 11.1 Å². The van der Waals surface area contributed by atoms with Crippen molar-refractivity contribution in [3.63, 3.8) is 0 Å². The zero-order chi connectivity index (χ0) is 18.1. The molecule has 2 aromatic carbocycles. The minimum absolute atomic E-state index is 0.0764. The second-order valence-electron chi connectivity index (χ2n) is 6.34. The molecule has 0 atom stereocenters. The summed E-state index contributed by atoms with van der Waals surface area (Å²) >= 11 is 11.3. The Morgan fingerprint density at radius 1 is 1.23 bits per heavy atom. The fraction of sp³-hybridized carbons (Fsp3) is 0.263. The van der Waals surface area contributed by atoms with Crippen LogP contribution in [0.1, 0.15) is 24.7 Å². The van der Waals surface area contributed by atoms with Crippen LogP contribution in [0.4, 0.5) is 10.1 Å². The van der Waals surface area contributed by atoms with E-state index in [2.05, 4.69) is 15.2 Å². The maximum absolute atomic E-state index is 13.3. The number of fused-ring (bicyclic) bond motifs is 1. The summed E-state index contributed by atoms with van der Waals surface area (Å²) in [5.74, 6) is 0.652. The number of rotatable bonds is 2. The van der Waals surface area contributed by atoms with Gasteiger partial charge in [0.2, 0.25) is 0 Å². The summed E-state index contributed by atoms with van der Waals surface area (Å²) in [5, 5.41) is 3.81. The fourth-order valence-electron chi connectivity index (χ4n) is 3.17. The lowest BCUT2D eigenvalue weighted by Crippen LogP contribution is -2.40. The number of nitrogens with one attached hydrogen (secondary N) is 1. The third-order valence-corrected chi connectivity index (χ3v) is 5.26. The number of hydrogen-bond acceptors (Lipinski definition) is 3. The van der Waals surface area contributed by atoms with E-state index in [1.54, 1.807) is 6.07 Å². The molecule has 1 fully saturated rings. The second kappa shape index (κ2) is 7.21. The molecule has 0 spiro atoms. The smallest absolute Gasteiger partial charge is 0.198 e. The zero-order valence-corrected chi connectivity index (χ0v) is 15.5. The Labute approximate surface area is 161 Å². The standard InChI is InChI=1S/C19H17ClFN3OS/c20-14-11-13(5-6-15(14)21)22-19(26)24-9-7-12(8-10-24)18-23-16-3-1-2-4-17(16)25-18/h1-6,11-12H,7-10H2,(H,22,26). The van der Waals surface area contributed by atoms with E-state index < -0.39 is 5.82 Å². The lowest BCUT2D eigenvalue weighted by atomic mass is 9.97. The molecule has 2 heterocycles. The predicted molar refractivity (Wildman–Crippen MR) is 105 cm³/mol. The largest absolute Gasteiger partial charge is 0.440 e. The van der Waals surface area contributed by atoms with Gasteiger partial charge in [-0.15, -0.1) is 0 Å². The SMILES string of the molecule is Fc1ccc(NC(=S)N2CCC(c3nc4ccccc4o3)CC2)cc1Cl. The van der Waals surface area contributed by atoms with Crippen molar-refractivity contribution in [1.29, 1.82) is 0 Å². The van der Waals surface area contributed by atoms with Crippen LogP contribution in [-0.2, 0) is 0 Å². The summed E-state index contributed by atoms with van der Waals surface area (Å²) in [6.07, 6.45) is 1.83. The molecule has 1 N–H and O–H groups in total. The summed E-state index contributed by atoms with van der Waals surface area (Å²) in [4.78, 5) is 6.71. The molecule has 1 aliphatic rings. The lowest BCUT2D eigenvalue weighted by molar-refractivity contribution is 0.290. The van der Waals surface area contributed by atoms with Gasteiger partial charge in [0.15, 0.2) is 16.6 Å². The number of oxazole rings is 1. The Kier molecular flexibility index (Phi) is 4.78. The van der Waals surface area contributed by atoms with Crippen molar-refractivity contribution >= 4 is 45.7 Å². The van der Waals surface area contributed by atoms with E-state index in [4.69, 9.17) is 28.2 Å². The van der Waals surface area contributed by atoms with E-state index in [9.17, 15) is 4.39 Å². The van der Waals surface area contributed by atoms with Gasteiger partial charge in [0, 0.05) is 24.7 Å². The number of nitrogens with zero attached hydrogens (tertiary/aromatic N) is 2. The Bertz CT molecular complexity index is 920. The minimum atomic E-state index is -0.442. The summed E-state index contributed by atoms with van der Waals surface area (Å²) in [5.41, 5.74) is 2.41. The third kappa shape index (κ3) is 3.52. The first-order valence-corrected chi connectivity index (χ1v) is 9.25. The molecule has 1 aliphatic heterocycles. The molecule has 0 aliphatic carbocycles. The lowest BCUT2D eigenvalue weighted by Gasteiger charge is -2.32. The number of benzene rings is 2. The van der Waals surface area contributed by atoms with Crippen LogP contribution in [-0.4, -0.2) is 28.1 Å². The Morgan fingerprint density at radius 2 is 2.00 bits per heavy atom. The molecule has 0 bridgehead atoms. The quantitative estimate of drug-likeness (QED) is 0.610. The Morgan fingerprint density at radius 3 is 2.73 bits per heavy atom. The maximum Gasteiger partial charge on any atom is 0.198 e. The van der Waals surface area contributed by atoms with Crippen molar-refractivity contribution in [2.24, 2.45) is 0 Å². The van der Waals surface area contributed by atoms with Gasteiger partial charge in [-0.25, -0.2) is 9.37 Å². The fourth-order valence-corrected chi connectivity index (χ4v) is 3.65. The van der Waals surface area contributed by atoms with Gasteiger partial charge in [-0.2, -0.15) is 0 Å². The summed E-state index contributed by atoms with van der Waals surface area (Å²) in [6, 6.07) is 12.3. The van der Waals surface area contributed by atoms with Crippen LogP contribution < -0.4 is 5.32 Å². The molecule has 4 nitrogen and oxygen atoms in total. The van der Waals surface area contributed by atoms with Crippen molar-refractivity contribution in [2.75, 3.05) is 18.4 Å². The van der Waals surface area contributed by atoms with Crippen LogP contribution >= 0.6 is 23.8 Å². The molecule has 0 unspecified atom stereocenters. The van der Waals surface area contributed by atoms with E-state index in [0.717, 1.165) is 42.9 Å². The number of para-hydroxylation sites is 2. The van der Waals surface area contributed by atoms with E-state index >= 15 is 0 Å². The van der Waals surface area contributed by atoms with Crippen molar-refractivity contribution in [3.05, 3.63) is 59.2 Å². The van der Waals surface area contributed by atoms with Gasteiger partial charge in [-0.1, -0.05) is 23.7 Å². The first kappa shape index (κ1) is 17.2. The highest BCUT2D eigenvalue weighted by Crippen LogP contribution is 2.30. The van der Waals surface area contributed by atoms with Crippen molar-refractivity contribution < 1.29 is 8.81 Å². The first-order valence-electron chi connectivity index (χ1n) is 8.46.